The summed E-state index contributed by atoms with van der Waals surface area (Å²) in [7, 11) is 0. The van der Waals surface area contributed by atoms with Crippen LogP contribution < -0.4 is 0 Å². The molecular weight excluding hydrogens is 231 g/mol. The van der Waals surface area contributed by atoms with E-state index in [9.17, 15) is 22.0 Å². The lowest BCUT2D eigenvalue weighted by molar-refractivity contribution is -0.322. The first kappa shape index (κ1) is 10.8. The quantitative estimate of drug-likeness (QED) is 0.695. The highest BCUT2D eigenvalue weighted by molar-refractivity contribution is 5.75. The summed E-state index contributed by atoms with van der Waals surface area (Å²) >= 11 is 0. The van der Waals surface area contributed by atoms with Crippen molar-refractivity contribution in [2.45, 2.75) is 12.2 Å². The van der Waals surface area contributed by atoms with Crippen molar-refractivity contribution in [3.63, 3.8) is 0 Å². The van der Waals surface area contributed by atoms with Gasteiger partial charge in [-0.1, -0.05) is 12.1 Å². The Balaban J connectivity index is 2.64. The number of para-hydroxylation sites is 2. The number of alkyl halides is 5. The Morgan fingerprint density at radius 2 is 1.62 bits per heavy atom. The molecule has 1 aromatic carbocycles. The Hall–Kier alpha value is -1.66. The monoisotopic (exact) mass is 236 g/mol. The van der Waals surface area contributed by atoms with E-state index in [0.29, 0.717) is 6.33 Å². The molecule has 16 heavy (non-hydrogen) atoms. The number of hydrogen-bond donors (Lipinski definition) is 0. The summed E-state index contributed by atoms with van der Waals surface area (Å²) < 4.78 is 62.2. The molecule has 0 bridgehead atoms. The van der Waals surface area contributed by atoms with E-state index in [2.05, 4.69) is 4.98 Å². The zero-order valence-electron chi connectivity index (χ0n) is 7.67. The summed E-state index contributed by atoms with van der Waals surface area (Å²) in [5.74, 6) is 0. The molecule has 1 heterocycles. The van der Waals surface area contributed by atoms with Crippen LogP contribution in [0.5, 0.6) is 0 Å². The summed E-state index contributed by atoms with van der Waals surface area (Å²) in [6.45, 7) is 0. The Bertz CT molecular complexity index is 514. The molecule has 0 spiro atoms. The fourth-order valence-corrected chi connectivity index (χ4v) is 1.32. The molecule has 0 unspecified atom stereocenters. The summed E-state index contributed by atoms with van der Waals surface area (Å²) in [5, 5.41) is 0. The van der Waals surface area contributed by atoms with Crippen molar-refractivity contribution in [2.75, 3.05) is 0 Å². The molecule has 0 amide bonds. The predicted molar refractivity (Wildman–Crippen MR) is 46.0 cm³/mol. The number of benzene rings is 1. The normalized spacial score (nSPS) is 13.3. The highest BCUT2D eigenvalue weighted by atomic mass is 19.4. The summed E-state index contributed by atoms with van der Waals surface area (Å²) in [4.78, 5) is 3.48. The van der Waals surface area contributed by atoms with E-state index in [1.807, 2.05) is 0 Å². The number of imidazole rings is 1. The maximum atomic E-state index is 13.0. The topological polar surface area (TPSA) is 17.8 Å². The zero-order chi connectivity index (χ0) is 12.0. The van der Waals surface area contributed by atoms with E-state index >= 15 is 0 Å². The molecule has 0 radical (unpaired) electrons. The van der Waals surface area contributed by atoms with Crippen molar-refractivity contribution in [3.8, 4) is 0 Å². The fraction of sp³-hybridized carbons (Fsp3) is 0.222. The molecule has 2 rings (SSSR count). The number of hydrogen-bond acceptors (Lipinski definition) is 1. The first-order valence-electron chi connectivity index (χ1n) is 4.21. The molecule has 0 saturated carbocycles. The largest absolute Gasteiger partial charge is 0.475 e. The second-order valence-corrected chi connectivity index (χ2v) is 3.14. The molecule has 0 saturated heterocycles. The van der Waals surface area contributed by atoms with Crippen LogP contribution in [0.25, 0.3) is 11.0 Å². The van der Waals surface area contributed by atoms with Gasteiger partial charge >= 0.3 is 12.2 Å². The van der Waals surface area contributed by atoms with E-state index in [1.165, 1.54) is 18.2 Å². The first-order valence-corrected chi connectivity index (χ1v) is 4.21. The molecule has 0 aliphatic heterocycles. The van der Waals surface area contributed by atoms with Crippen LogP contribution in [0.3, 0.4) is 0 Å². The van der Waals surface area contributed by atoms with Gasteiger partial charge in [0.15, 0.2) is 0 Å². The third kappa shape index (κ3) is 1.43. The zero-order valence-corrected chi connectivity index (χ0v) is 7.67. The summed E-state index contributed by atoms with van der Waals surface area (Å²) in [5.41, 5.74) is -0.170. The van der Waals surface area contributed by atoms with Crippen molar-refractivity contribution in [1.82, 2.24) is 9.55 Å². The average Bonchev–Trinajstić information content (AvgIpc) is 2.59. The maximum absolute atomic E-state index is 13.0. The van der Waals surface area contributed by atoms with Gasteiger partial charge in [-0.2, -0.15) is 22.0 Å². The van der Waals surface area contributed by atoms with E-state index < -0.39 is 12.2 Å². The van der Waals surface area contributed by atoms with Crippen LogP contribution in [0, 0.1) is 0 Å². The molecule has 0 fully saturated rings. The Labute approximate surface area is 86.3 Å². The van der Waals surface area contributed by atoms with E-state index in [4.69, 9.17) is 0 Å². The van der Waals surface area contributed by atoms with Crippen LogP contribution in [-0.2, 0) is 6.05 Å². The van der Waals surface area contributed by atoms with Crippen LogP contribution >= 0.6 is 0 Å². The molecule has 0 aliphatic carbocycles. The molecule has 1 aromatic heterocycles. The molecule has 0 atom stereocenters. The Kier molecular flexibility index (Phi) is 2.14. The first-order chi connectivity index (χ1) is 7.34. The van der Waals surface area contributed by atoms with Crippen molar-refractivity contribution in [2.24, 2.45) is 0 Å². The van der Waals surface area contributed by atoms with Crippen molar-refractivity contribution < 1.29 is 22.0 Å². The second kappa shape index (κ2) is 3.16. The highest BCUT2D eigenvalue weighted by Crippen LogP contribution is 2.41. The van der Waals surface area contributed by atoms with Crippen molar-refractivity contribution in [3.05, 3.63) is 30.6 Å². The van der Waals surface area contributed by atoms with Gasteiger partial charge in [0.25, 0.3) is 0 Å². The Morgan fingerprint density at radius 3 is 2.25 bits per heavy atom. The van der Waals surface area contributed by atoms with E-state index in [1.54, 1.807) is 0 Å². The smallest absolute Gasteiger partial charge is 0.262 e. The molecule has 0 N–H and O–H groups in total. The van der Waals surface area contributed by atoms with Gasteiger partial charge in [-0.3, -0.25) is 4.57 Å². The standard InChI is InChI=1S/C9H5F5N2/c10-8(11,12)9(13,14)16-5-15-6-3-1-2-4-7(6)16/h1-5H. The number of fused-ring (bicyclic) bond motifs is 1. The fourth-order valence-electron chi connectivity index (χ4n) is 1.32. The van der Waals surface area contributed by atoms with Gasteiger partial charge in [0.05, 0.1) is 11.0 Å². The lowest BCUT2D eigenvalue weighted by Gasteiger charge is -2.20. The van der Waals surface area contributed by atoms with Gasteiger partial charge in [-0.25, -0.2) is 4.98 Å². The van der Waals surface area contributed by atoms with Crippen molar-refractivity contribution >= 4 is 11.0 Å². The lowest BCUT2D eigenvalue weighted by atomic mass is 10.3. The maximum Gasteiger partial charge on any atom is 0.475 e. The van der Waals surface area contributed by atoms with Gasteiger partial charge in [-0.05, 0) is 12.1 Å². The van der Waals surface area contributed by atoms with Crippen LogP contribution in [0.15, 0.2) is 30.6 Å². The number of halogens is 5. The number of aromatic nitrogens is 2. The molecule has 86 valence electrons. The van der Waals surface area contributed by atoms with Gasteiger partial charge < -0.3 is 0 Å². The SMILES string of the molecule is FC(F)(F)C(F)(F)n1cnc2ccccc21. The van der Waals surface area contributed by atoms with Crippen LogP contribution in [0.4, 0.5) is 22.0 Å². The minimum atomic E-state index is -5.64. The third-order valence-corrected chi connectivity index (χ3v) is 2.10. The summed E-state index contributed by atoms with van der Waals surface area (Å²) in [6, 6.07) is 0.432. The molecule has 2 nitrogen and oxygen atoms in total. The minimum Gasteiger partial charge on any atom is -0.262 e. The molecular formula is C9H5F5N2. The third-order valence-electron chi connectivity index (χ3n) is 2.10. The number of rotatable bonds is 1. The van der Waals surface area contributed by atoms with Gasteiger partial charge in [0, 0.05) is 0 Å². The second-order valence-electron chi connectivity index (χ2n) is 3.14. The lowest BCUT2D eigenvalue weighted by Crippen LogP contribution is -2.39. The highest BCUT2D eigenvalue weighted by Gasteiger charge is 2.59. The average molecular weight is 236 g/mol. The van der Waals surface area contributed by atoms with Crippen LogP contribution in [-0.4, -0.2) is 15.7 Å². The van der Waals surface area contributed by atoms with E-state index in [-0.39, 0.29) is 15.6 Å². The minimum absolute atomic E-state index is 0.0893. The van der Waals surface area contributed by atoms with Gasteiger partial charge in [0.2, 0.25) is 0 Å². The summed E-state index contributed by atoms with van der Waals surface area (Å²) in [6.07, 6.45) is -5.16. The molecule has 7 heteroatoms. The molecule has 2 aromatic rings. The van der Waals surface area contributed by atoms with Gasteiger partial charge in [0.1, 0.15) is 6.33 Å². The number of nitrogens with zero attached hydrogens (tertiary/aromatic N) is 2. The van der Waals surface area contributed by atoms with Gasteiger partial charge in [-0.15, -0.1) is 0 Å². The van der Waals surface area contributed by atoms with Crippen LogP contribution in [0.1, 0.15) is 0 Å². The Morgan fingerprint density at radius 1 is 1.00 bits per heavy atom. The van der Waals surface area contributed by atoms with E-state index in [0.717, 1.165) is 6.07 Å². The molecule has 0 aliphatic rings. The van der Waals surface area contributed by atoms with Crippen LogP contribution in [0.2, 0.25) is 0 Å². The van der Waals surface area contributed by atoms with Crippen molar-refractivity contribution in [1.29, 1.82) is 0 Å². The predicted octanol–water partition coefficient (Wildman–Crippen LogP) is 3.15.